The lowest BCUT2D eigenvalue weighted by Crippen LogP contribution is -1.96. The molecular formula is C62H41NO. The molecule has 300 valence electrons. The van der Waals surface area contributed by atoms with Gasteiger partial charge < -0.3 is 9.73 Å². The van der Waals surface area contributed by atoms with E-state index in [4.69, 9.17) is 4.42 Å². The van der Waals surface area contributed by atoms with E-state index in [2.05, 4.69) is 236 Å². The van der Waals surface area contributed by atoms with E-state index in [1.165, 1.54) is 54.9 Å². The van der Waals surface area contributed by atoms with Crippen LogP contribution in [0.3, 0.4) is 0 Å². The normalized spacial score (nSPS) is 11.4. The van der Waals surface area contributed by atoms with E-state index in [0.29, 0.717) is 0 Å². The van der Waals surface area contributed by atoms with Gasteiger partial charge >= 0.3 is 0 Å². The number of hydrogen-bond donors (Lipinski definition) is 1. The molecule has 11 aromatic carbocycles. The Kier molecular flexibility index (Phi) is 9.20. The average molecular weight is 816 g/mol. The Morgan fingerprint density at radius 3 is 1.70 bits per heavy atom. The van der Waals surface area contributed by atoms with Crippen LogP contribution in [0.4, 0.5) is 11.4 Å². The highest BCUT2D eigenvalue weighted by atomic mass is 16.3. The molecular weight excluding hydrogens is 775 g/mol. The Morgan fingerprint density at radius 2 is 0.828 bits per heavy atom. The van der Waals surface area contributed by atoms with E-state index in [0.717, 1.165) is 66.7 Å². The fourth-order valence-electron chi connectivity index (χ4n) is 9.45. The first kappa shape index (κ1) is 37.3. The second-order valence-corrected chi connectivity index (χ2v) is 16.5. The Morgan fingerprint density at radius 1 is 0.266 bits per heavy atom. The molecule has 0 radical (unpaired) electrons. The molecule has 2 nitrogen and oxygen atoms in total. The standard InChI is InChI=1S/C62H41NO/c1-2-14-42(15-3-1)54-35-31-48(46-19-10-20-50(38-46)53-23-11-18-43-16-6-7-21-52(43)53)39-58(54)59-40-49(47-28-27-41-13-4-5-17-45(41)37-47)32-36-60(59)63-51-33-29-44(30-34-51)55-24-12-25-57-56-22-8-9-26-61(56)64-62(55)57/h1-40,63H. The van der Waals surface area contributed by atoms with Gasteiger partial charge in [-0.1, -0.05) is 194 Å². The number of para-hydroxylation sites is 2. The summed E-state index contributed by atoms with van der Waals surface area (Å²) in [5.74, 6) is 0. The Hall–Kier alpha value is -8.46. The van der Waals surface area contributed by atoms with Gasteiger partial charge in [0.25, 0.3) is 0 Å². The van der Waals surface area contributed by atoms with Crippen LogP contribution in [0.2, 0.25) is 0 Å². The maximum absolute atomic E-state index is 6.42. The van der Waals surface area contributed by atoms with Crippen LogP contribution < -0.4 is 5.32 Å². The molecule has 0 fully saturated rings. The summed E-state index contributed by atoms with van der Waals surface area (Å²) in [7, 11) is 0. The smallest absolute Gasteiger partial charge is 0.143 e. The van der Waals surface area contributed by atoms with Crippen LogP contribution in [0.15, 0.2) is 247 Å². The van der Waals surface area contributed by atoms with Gasteiger partial charge in [0.2, 0.25) is 0 Å². The Bertz CT molecular complexity index is 3690. The minimum Gasteiger partial charge on any atom is -0.455 e. The summed E-state index contributed by atoms with van der Waals surface area (Å²) in [5.41, 5.74) is 17.7. The van der Waals surface area contributed by atoms with Crippen molar-refractivity contribution in [2.45, 2.75) is 0 Å². The molecule has 2 heteroatoms. The summed E-state index contributed by atoms with van der Waals surface area (Å²) in [6, 6.07) is 87.5. The molecule has 64 heavy (non-hydrogen) atoms. The van der Waals surface area contributed by atoms with Crippen molar-refractivity contribution in [1.82, 2.24) is 0 Å². The predicted octanol–water partition coefficient (Wildman–Crippen LogP) is 17.6. The van der Waals surface area contributed by atoms with Gasteiger partial charge in [-0.3, -0.25) is 0 Å². The fraction of sp³-hybridized carbons (Fsp3) is 0. The molecule has 1 aromatic heterocycles. The number of fused-ring (bicyclic) bond motifs is 5. The Balaban J connectivity index is 0.997. The summed E-state index contributed by atoms with van der Waals surface area (Å²) < 4.78 is 6.42. The highest BCUT2D eigenvalue weighted by Gasteiger charge is 2.17. The predicted molar refractivity (Wildman–Crippen MR) is 271 cm³/mol. The Labute approximate surface area is 372 Å². The first-order valence-electron chi connectivity index (χ1n) is 21.9. The van der Waals surface area contributed by atoms with Crippen LogP contribution in [-0.2, 0) is 0 Å². The van der Waals surface area contributed by atoms with E-state index in [-0.39, 0.29) is 0 Å². The number of anilines is 2. The zero-order valence-electron chi connectivity index (χ0n) is 35.0. The molecule has 0 saturated carbocycles. The number of furan rings is 1. The molecule has 0 aliphatic heterocycles. The topological polar surface area (TPSA) is 25.2 Å². The summed E-state index contributed by atoms with van der Waals surface area (Å²) in [4.78, 5) is 0. The van der Waals surface area contributed by atoms with Crippen molar-refractivity contribution >= 4 is 54.9 Å². The SMILES string of the molecule is c1ccc(-c2ccc(-c3cccc(-c4cccc5ccccc45)c3)cc2-c2cc(-c3ccc4ccccc4c3)ccc2Nc2ccc(-c3cccc4c3oc3ccccc34)cc2)cc1. The van der Waals surface area contributed by atoms with E-state index in [1.54, 1.807) is 0 Å². The van der Waals surface area contributed by atoms with Gasteiger partial charge in [0.1, 0.15) is 11.2 Å². The van der Waals surface area contributed by atoms with Gasteiger partial charge in [0.15, 0.2) is 0 Å². The van der Waals surface area contributed by atoms with E-state index in [9.17, 15) is 0 Å². The first-order chi connectivity index (χ1) is 31.7. The average Bonchev–Trinajstić information content (AvgIpc) is 3.76. The molecule has 0 unspecified atom stereocenters. The zero-order valence-corrected chi connectivity index (χ0v) is 35.0. The highest BCUT2D eigenvalue weighted by Crippen LogP contribution is 2.43. The third-order valence-electron chi connectivity index (χ3n) is 12.7. The van der Waals surface area contributed by atoms with Crippen molar-refractivity contribution < 1.29 is 4.42 Å². The van der Waals surface area contributed by atoms with Crippen LogP contribution >= 0.6 is 0 Å². The van der Waals surface area contributed by atoms with Crippen LogP contribution in [-0.4, -0.2) is 0 Å². The van der Waals surface area contributed by atoms with Gasteiger partial charge in [-0.25, -0.2) is 0 Å². The van der Waals surface area contributed by atoms with Gasteiger partial charge in [-0.15, -0.1) is 0 Å². The van der Waals surface area contributed by atoms with Crippen LogP contribution in [0, 0.1) is 0 Å². The van der Waals surface area contributed by atoms with Gasteiger partial charge in [0.05, 0.1) is 0 Å². The number of hydrogen-bond acceptors (Lipinski definition) is 2. The summed E-state index contributed by atoms with van der Waals surface area (Å²) in [6.07, 6.45) is 0. The van der Waals surface area contributed by atoms with Gasteiger partial charge in [-0.2, -0.15) is 0 Å². The lowest BCUT2D eigenvalue weighted by atomic mass is 9.88. The molecule has 0 saturated heterocycles. The molecule has 1 N–H and O–H groups in total. The molecule has 12 rings (SSSR count). The lowest BCUT2D eigenvalue weighted by molar-refractivity contribution is 0.670. The summed E-state index contributed by atoms with van der Waals surface area (Å²) >= 11 is 0. The van der Waals surface area contributed by atoms with Crippen molar-refractivity contribution in [3.63, 3.8) is 0 Å². The number of rotatable bonds is 8. The number of benzene rings is 11. The van der Waals surface area contributed by atoms with E-state index in [1.807, 2.05) is 12.1 Å². The molecule has 0 aliphatic rings. The second-order valence-electron chi connectivity index (χ2n) is 16.5. The van der Waals surface area contributed by atoms with Crippen LogP contribution in [0.5, 0.6) is 0 Å². The second kappa shape index (κ2) is 15.8. The zero-order chi connectivity index (χ0) is 42.4. The minimum absolute atomic E-state index is 0.902. The summed E-state index contributed by atoms with van der Waals surface area (Å²) in [6.45, 7) is 0. The monoisotopic (exact) mass is 815 g/mol. The molecule has 0 bridgehead atoms. The fourth-order valence-corrected chi connectivity index (χ4v) is 9.45. The van der Waals surface area contributed by atoms with Crippen molar-refractivity contribution in [2.75, 3.05) is 5.32 Å². The van der Waals surface area contributed by atoms with Gasteiger partial charge in [0, 0.05) is 33.3 Å². The molecule has 0 amide bonds. The molecule has 12 aromatic rings. The maximum Gasteiger partial charge on any atom is 0.143 e. The third kappa shape index (κ3) is 6.79. The van der Waals surface area contributed by atoms with E-state index < -0.39 is 0 Å². The van der Waals surface area contributed by atoms with Crippen molar-refractivity contribution in [3.05, 3.63) is 243 Å². The van der Waals surface area contributed by atoms with Crippen LogP contribution in [0.1, 0.15) is 0 Å². The van der Waals surface area contributed by atoms with Crippen LogP contribution in [0.25, 0.3) is 110 Å². The van der Waals surface area contributed by atoms with Crippen molar-refractivity contribution in [3.8, 4) is 66.8 Å². The number of nitrogens with one attached hydrogen (secondary N) is 1. The highest BCUT2D eigenvalue weighted by molar-refractivity contribution is 6.09. The maximum atomic E-state index is 6.42. The lowest BCUT2D eigenvalue weighted by Gasteiger charge is -2.19. The van der Waals surface area contributed by atoms with Crippen molar-refractivity contribution in [2.24, 2.45) is 0 Å². The molecule has 0 atom stereocenters. The van der Waals surface area contributed by atoms with Crippen molar-refractivity contribution in [1.29, 1.82) is 0 Å². The van der Waals surface area contributed by atoms with E-state index >= 15 is 0 Å². The quantitative estimate of drug-likeness (QED) is 0.165. The third-order valence-corrected chi connectivity index (χ3v) is 12.7. The molecule has 0 spiro atoms. The first-order valence-corrected chi connectivity index (χ1v) is 21.9. The molecule has 0 aliphatic carbocycles. The summed E-state index contributed by atoms with van der Waals surface area (Å²) in [5, 5.41) is 11.1. The van der Waals surface area contributed by atoms with Gasteiger partial charge in [-0.05, 0) is 126 Å². The minimum atomic E-state index is 0.902. The largest absolute Gasteiger partial charge is 0.455 e. The molecule has 1 heterocycles.